The van der Waals surface area contributed by atoms with E-state index in [1.165, 1.54) is 18.7 Å². The van der Waals surface area contributed by atoms with Crippen LogP contribution < -0.4 is 21.7 Å². The van der Waals surface area contributed by atoms with Crippen LogP contribution in [0, 0.1) is 0 Å². The molecule has 0 aromatic rings. The van der Waals surface area contributed by atoms with Crippen molar-refractivity contribution in [3.63, 3.8) is 0 Å². The van der Waals surface area contributed by atoms with E-state index in [9.17, 15) is 19.2 Å². The number of aliphatic hydroxyl groups excluding tert-OH is 1. The van der Waals surface area contributed by atoms with E-state index < -0.39 is 54.5 Å². The number of aliphatic carboxylic acids is 1. The predicted molar refractivity (Wildman–Crippen MR) is 101 cm³/mol. The SMILES string of the molecule is CSCCC(NC(=O)C(N)CS)C(=O)NC(C)C(=O)NC(CO)C(=O)O. The lowest BCUT2D eigenvalue weighted by molar-refractivity contribution is -0.143. The average Bonchev–Trinajstić information content (AvgIpc) is 2.61. The Kier molecular flexibility index (Phi) is 12.1. The fourth-order valence-electron chi connectivity index (χ4n) is 1.73. The van der Waals surface area contributed by atoms with Crippen LogP contribution in [-0.4, -0.2) is 82.4 Å². The topological polar surface area (TPSA) is 171 Å². The normalized spacial score (nSPS) is 15.3. The summed E-state index contributed by atoms with van der Waals surface area (Å²) in [5, 5.41) is 24.8. The Morgan fingerprint density at radius 2 is 1.65 bits per heavy atom. The average molecular weight is 411 g/mol. The van der Waals surface area contributed by atoms with Crippen molar-refractivity contribution >= 4 is 48.1 Å². The van der Waals surface area contributed by atoms with Gasteiger partial charge in [0, 0.05) is 5.75 Å². The first-order valence-electron chi connectivity index (χ1n) is 7.78. The number of nitrogens with one attached hydrogen (secondary N) is 3. The summed E-state index contributed by atoms with van der Waals surface area (Å²) in [6.45, 7) is 0.576. The fraction of sp³-hybridized carbons (Fsp3) is 0.714. The number of carboxylic acids is 1. The number of aliphatic hydroxyl groups is 1. The molecule has 10 nitrogen and oxygen atoms in total. The van der Waals surface area contributed by atoms with E-state index in [-0.39, 0.29) is 5.75 Å². The molecule has 150 valence electrons. The van der Waals surface area contributed by atoms with Crippen LogP contribution in [0.15, 0.2) is 0 Å². The van der Waals surface area contributed by atoms with Gasteiger partial charge in [0.2, 0.25) is 17.7 Å². The number of rotatable bonds is 12. The molecule has 0 saturated carbocycles. The molecular weight excluding hydrogens is 384 g/mol. The number of carboxylic acid groups (broad SMARTS) is 1. The van der Waals surface area contributed by atoms with Gasteiger partial charge in [0.05, 0.1) is 12.6 Å². The lowest BCUT2D eigenvalue weighted by Gasteiger charge is -2.23. The van der Waals surface area contributed by atoms with E-state index in [2.05, 4.69) is 28.6 Å². The Morgan fingerprint density at radius 1 is 1.08 bits per heavy atom. The molecule has 0 fully saturated rings. The lowest BCUT2D eigenvalue weighted by Crippen LogP contribution is -2.57. The van der Waals surface area contributed by atoms with Gasteiger partial charge in [0.15, 0.2) is 0 Å². The maximum absolute atomic E-state index is 12.4. The molecular formula is C14H26N4O6S2. The number of carbonyl (C=O) groups excluding carboxylic acids is 3. The summed E-state index contributed by atoms with van der Waals surface area (Å²) in [6.07, 6.45) is 2.16. The molecule has 0 bridgehead atoms. The summed E-state index contributed by atoms with van der Waals surface area (Å²) < 4.78 is 0. The van der Waals surface area contributed by atoms with Crippen molar-refractivity contribution in [2.75, 3.05) is 24.4 Å². The minimum atomic E-state index is -1.47. The van der Waals surface area contributed by atoms with Gasteiger partial charge in [-0.05, 0) is 25.4 Å². The Hall–Kier alpha value is -1.50. The third kappa shape index (κ3) is 8.74. The van der Waals surface area contributed by atoms with E-state index in [1.807, 2.05) is 6.26 Å². The highest BCUT2D eigenvalue weighted by atomic mass is 32.2. The second-order valence-electron chi connectivity index (χ2n) is 5.44. The van der Waals surface area contributed by atoms with Gasteiger partial charge in [-0.1, -0.05) is 0 Å². The van der Waals surface area contributed by atoms with Crippen LogP contribution in [0.3, 0.4) is 0 Å². The molecule has 0 aliphatic carbocycles. The van der Waals surface area contributed by atoms with E-state index >= 15 is 0 Å². The highest BCUT2D eigenvalue weighted by Crippen LogP contribution is 2.03. The molecule has 0 aromatic carbocycles. The molecule has 12 heteroatoms. The highest BCUT2D eigenvalue weighted by molar-refractivity contribution is 7.98. The Morgan fingerprint density at radius 3 is 2.12 bits per heavy atom. The van der Waals surface area contributed by atoms with Crippen LogP contribution in [0.5, 0.6) is 0 Å². The molecule has 0 spiro atoms. The summed E-state index contributed by atoms with van der Waals surface area (Å²) in [7, 11) is 0. The summed E-state index contributed by atoms with van der Waals surface area (Å²) in [4.78, 5) is 47.0. The second-order valence-corrected chi connectivity index (χ2v) is 6.79. The first-order chi connectivity index (χ1) is 12.2. The number of nitrogens with two attached hydrogens (primary N) is 1. The van der Waals surface area contributed by atoms with Crippen LogP contribution >= 0.6 is 24.4 Å². The van der Waals surface area contributed by atoms with Gasteiger partial charge in [-0.3, -0.25) is 14.4 Å². The maximum atomic E-state index is 12.4. The van der Waals surface area contributed by atoms with E-state index in [1.54, 1.807) is 0 Å². The number of carbonyl (C=O) groups is 4. The Bertz CT molecular complexity index is 508. The zero-order valence-electron chi connectivity index (χ0n) is 14.6. The van der Waals surface area contributed by atoms with Crippen molar-refractivity contribution in [3.8, 4) is 0 Å². The minimum absolute atomic E-state index is 0.110. The van der Waals surface area contributed by atoms with E-state index in [4.69, 9.17) is 15.9 Å². The summed E-state index contributed by atoms with van der Waals surface area (Å²) in [5.41, 5.74) is 5.57. The third-order valence-corrected chi connectivity index (χ3v) is 4.36. The predicted octanol–water partition coefficient (Wildman–Crippen LogP) is -2.45. The summed E-state index contributed by atoms with van der Waals surface area (Å²) >= 11 is 5.41. The van der Waals surface area contributed by atoms with Gasteiger partial charge in [-0.25, -0.2) is 4.79 Å². The molecule has 0 saturated heterocycles. The molecule has 7 N–H and O–H groups in total. The maximum Gasteiger partial charge on any atom is 0.328 e. The first-order valence-corrected chi connectivity index (χ1v) is 9.80. The van der Waals surface area contributed by atoms with E-state index in [0.29, 0.717) is 12.2 Å². The van der Waals surface area contributed by atoms with Gasteiger partial charge in [-0.2, -0.15) is 24.4 Å². The van der Waals surface area contributed by atoms with Gasteiger partial charge in [-0.15, -0.1) is 0 Å². The summed E-state index contributed by atoms with van der Waals surface area (Å²) in [5.74, 6) is -2.62. The van der Waals surface area contributed by atoms with Gasteiger partial charge >= 0.3 is 5.97 Å². The van der Waals surface area contributed by atoms with Crippen LogP contribution in [0.1, 0.15) is 13.3 Å². The molecule has 4 unspecified atom stereocenters. The number of amides is 3. The standard InChI is InChI=1S/C14H26N4O6S2/c1-7(11(20)18-10(5-19)14(23)24)16-13(22)9(3-4-26-2)17-12(21)8(15)6-25/h7-10,19,25H,3-6,15H2,1-2H3,(H,16,22)(H,17,21)(H,18,20)(H,23,24). The molecule has 26 heavy (non-hydrogen) atoms. The minimum Gasteiger partial charge on any atom is -0.480 e. The smallest absolute Gasteiger partial charge is 0.328 e. The number of hydrogen-bond acceptors (Lipinski definition) is 8. The van der Waals surface area contributed by atoms with Gasteiger partial charge in [0.25, 0.3) is 0 Å². The van der Waals surface area contributed by atoms with Crippen molar-refractivity contribution in [1.82, 2.24) is 16.0 Å². The quantitative estimate of drug-likeness (QED) is 0.174. The number of hydrogen-bond donors (Lipinski definition) is 7. The van der Waals surface area contributed by atoms with Crippen molar-refractivity contribution in [2.24, 2.45) is 5.73 Å². The monoisotopic (exact) mass is 410 g/mol. The van der Waals surface area contributed by atoms with Crippen molar-refractivity contribution < 1.29 is 29.4 Å². The van der Waals surface area contributed by atoms with Crippen LogP contribution in [0.2, 0.25) is 0 Å². The van der Waals surface area contributed by atoms with Crippen LogP contribution in [0.25, 0.3) is 0 Å². The van der Waals surface area contributed by atoms with Crippen LogP contribution in [-0.2, 0) is 19.2 Å². The molecule has 0 aliphatic heterocycles. The van der Waals surface area contributed by atoms with Crippen molar-refractivity contribution in [3.05, 3.63) is 0 Å². The third-order valence-electron chi connectivity index (χ3n) is 3.33. The Labute approximate surface area is 161 Å². The lowest BCUT2D eigenvalue weighted by atomic mass is 10.1. The van der Waals surface area contributed by atoms with Crippen LogP contribution in [0.4, 0.5) is 0 Å². The Balaban J connectivity index is 4.86. The number of thiol groups is 1. The van der Waals surface area contributed by atoms with Crippen molar-refractivity contribution in [2.45, 2.75) is 37.5 Å². The molecule has 0 radical (unpaired) electrons. The number of thioether (sulfide) groups is 1. The molecule has 0 aliphatic rings. The molecule has 0 rings (SSSR count). The van der Waals surface area contributed by atoms with Gasteiger partial charge < -0.3 is 31.9 Å². The molecule has 4 atom stereocenters. The highest BCUT2D eigenvalue weighted by Gasteiger charge is 2.27. The van der Waals surface area contributed by atoms with Crippen molar-refractivity contribution in [1.29, 1.82) is 0 Å². The molecule has 3 amide bonds. The van der Waals surface area contributed by atoms with Gasteiger partial charge in [0.1, 0.15) is 18.1 Å². The fourth-order valence-corrected chi connectivity index (χ4v) is 2.37. The molecule has 0 heterocycles. The molecule has 0 aromatic heterocycles. The first kappa shape index (κ1) is 24.5. The zero-order valence-corrected chi connectivity index (χ0v) is 16.3. The van der Waals surface area contributed by atoms with E-state index in [0.717, 1.165) is 0 Å². The summed E-state index contributed by atoms with van der Waals surface area (Å²) in [6, 6.07) is -4.31. The zero-order chi connectivity index (χ0) is 20.3. The largest absolute Gasteiger partial charge is 0.480 e. The second kappa shape index (κ2) is 12.8.